The van der Waals surface area contributed by atoms with E-state index < -0.39 is 0 Å². The first-order valence-corrected chi connectivity index (χ1v) is 14.9. The van der Waals surface area contributed by atoms with Crippen molar-refractivity contribution in [2.45, 2.75) is 58.6 Å². The average molecular weight is 585 g/mol. The lowest BCUT2D eigenvalue weighted by Gasteiger charge is -2.24. The zero-order valence-corrected chi connectivity index (χ0v) is 25.2. The number of benzene rings is 3. The molecule has 3 aromatic carbocycles. The molecule has 0 unspecified atom stereocenters. The quantitative estimate of drug-likeness (QED) is 0.137. The molecule has 0 amide bonds. The van der Waals surface area contributed by atoms with E-state index >= 15 is 0 Å². The summed E-state index contributed by atoms with van der Waals surface area (Å²) in [7, 11) is 1.66. The summed E-state index contributed by atoms with van der Waals surface area (Å²) in [4.78, 5) is 17.2. The average Bonchev–Trinajstić information content (AvgIpc) is 3.45. The highest BCUT2D eigenvalue weighted by Crippen LogP contribution is 2.34. The molecule has 0 saturated heterocycles. The van der Waals surface area contributed by atoms with Crippen molar-refractivity contribution >= 4 is 23.6 Å². The van der Waals surface area contributed by atoms with E-state index in [4.69, 9.17) is 30.8 Å². The molecule has 5 rings (SSSR count). The maximum absolute atomic E-state index is 12.2. The Morgan fingerprint density at radius 3 is 2.36 bits per heavy atom. The SMILES string of the molecule is CCOC(=O)/C(C)=C/c1cn(C2CCCCC2)c(-c2ccc(OCc3cc(OC)ccc3-c3ccc(Cl)cc3)cc2)n1. The minimum atomic E-state index is -0.317. The van der Waals surface area contributed by atoms with Crippen molar-refractivity contribution in [2.75, 3.05) is 13.7 Å². The molecule has 1 fully saturated rings. The molecule has 1 aliphatic carbocycles. The summed E-state index contributed by atoms with van der Waals surface area (Å²) in [5, 5.41) is 0.701. The van der Waals surface area contributed by atoms with Gasteiger partial charge in [0.15, 0.2) is 0 Å². The Balaban J connectivity index is 1.38. The molecule has 1 aromatic heterocycles. The summed E-state index contributed by atoms with van der Waals surface area (Å²) in [5.74, 6) is 2.12. The fraction of sp³-hybridized carbons (Fsp3) is 0.314. The standard InChI is InChI=1S/C35H37ClN2O4/c1-4-41-35(39)24(2)20-29-22-38(30-8-6-5-7-9-30)34(37-29)26-12-16-31(17-13-26)42-23-27-21-32(40-3)18-19-33(27)25-10-14-28(36)15-11-25/h10-22,30H,4-9,23H2,1-3H3/b24-20+. The molecular formula is C35H37ClN2O4. The molecule has 218 valence electrons. The number of halogens is 1. The van der Waals surface area contributed by atoms with Gasteiger partial charge in [-0.1, -0.05) is 49.1 Å². The van der Waals surface area contributed by atoms with Crippen LogP contribution in [0.2, 0.25) is 5.02 Å². The van der Waals surface area contributed by atoms with Gasteiger partial charge in [0.2, 0.25) is 0 Å². The molecule has 0 atom stereocenters. The number of methoxy groups -OCH3 is 1. The molecule has 1 heterocycles. The number of carbonyl (C=O) groups excluding carboxylic acids is 1. The zero-order valence-electron chi connectivity index (χ0n) is 24.4. The van der Waals surface area contributed by atoms with Gasteiger partial charge in [-0.15, -0.1) is 0 Å². The number of carbonyl (C=O) groups is 1. The number of rotatable bonds is 10. The largest absolute Gasteiger partial charge is 0.497 e. The van der Waals surface area contributed by atoms with Crippen LogP contribution in [0.15, 0.2) is 78.5 Å². The second kappa shape index (κ2) is 13.8. The monoisotopic (exact) mass is 584 g/mol. The first-order chi connectivity index (χ1) is 20.4. The van der Waals surface area contributed by atoms with Gasteiger partial charge in [0, 0.05) is 34.0 Å². The third-order valence-electron chi connectivity index (χ3n) is 7.66. The maximum atomic E-state index is 12.2. The summed E-state index contributed by atoms with van der Waals surface area (Å²) in [6.45, 7) is 4.31. The van der Waals surface area contributed by atoms with Crippen LogP contribution in [0.3, 0.4) is 0 Å². The zero-order chi connectivity index (χ0) is 29.5. The number of ether oxygens (including phenoxy) is 3. The second-order valence-electron chi connectivity index (χ2n) is 10.6. The van der Waals surface area contributed by atoms with Gasteiger partial charge in [-0.25, -0.2) is 9.78 Å². The molecule has 0 bridgehead atoms. The minimum absolute atomic E-state index is 0.317. The smallest absolute Gasteiger partial charge is 0.333 e. The van der Waals surface area contributed by atoms with Crippen LogP contribution in [0.4, 0.5) is 0 Å². The normalized spacial score (nSPS) is 14.0. The highest BCUT2D eigenvalue weighted by molar-refractivity contribution is 6.30. The Morgan fingerprint density at radius 2 is 1.67 bits per heavy atom. The molecule has 0 aliphatic heterocycles. The Hall–Kier alpha value is -4.03. The predicted octanol–water partition coefficient (Wildman–Crippen LogP) is 8.93. The summed E-state index contributed by atoms with van der Waals surface area (Å²) in [6, 6.07) is 22.3. The minimum Gasteiger partial charge on any atom is -0.497 e. The number of imidazole rings is 1. The number of nitrogens with zero attached hydrogens (tertiary/aromatic N) is 2. The van der Waals surface area contributed by atoms with E-state index in [0.29, 0.717) is 29.9 Å². The summed E-state index contributed by atoms with van der Waals surface area (Å²) < 4.78 is 19.2. The van der Waals surface area contributed by atoms with Crippen LogP contribution in [0.1, 0.15) is 63.3 Å². The third kappa shape index (κ3) is 7.05. The molecule has 1 saturated carbocycles. The lowest BCUT2D eigenvalue weighted by Crippen LogP contribution is -2.13. The van der Waals surface area contributed by atoms with Gasteiger partial charge in [0.25, 0.3) is 0 Å². The van der Waals surface area contributed by atoms with Crippen LogP contribution in [0.5, 0.6) is 11.5 Å². The van der Waals surface area contributed by atoms with Crippen LogP contribution in [-0.4, -0.2) is 29.2 Å². The fourth-order valence-electron chi connectivity index (χ4n) is 5.45. The highest BCUT2D eigenvalue weighted by Gasteiger charge is 2.21. The first-order valence-electron chi connectivity index (χ1n) is 14.6. The van der Waals surface area contributed by atoms with Crippen LogP contribution < -0.4 is 9.47 Å². The van der Waals surface area contributed by atoms with Crippen molar-refractivity contribution in [3.63, 3.8) is 0 Å². The van der Waals surface area contributed by atoms with Gasteiger partial charge in [0.1, 0.15) is 23.9 Å². The molecule has 42 heavy (non-hydrogen) atoms. The molecule has 7 heteroatoms. The number of hydrogen-bond acceptors (Lipinski definition) is 5. The molecule has 0 spiro atoms. The molecular weight excluding hydrogens is 548 g/mol. The van der Waals surface area contributed by atoms with Gasteiger partial charge in [0.05, 0.1) is 19.4 Å². The van der Waals surface area contributed by atoms with Gasteiger partial charge >= 0.3 is 5.97 Å². The van der Waals surface area contributed by atoms with Crippen molar-refractivity contribution in [1.82, 2.24) is 9.55 Å². The van der Waals surface area contributed by atoms with Crippen LogP contribution in [0, 0.1) is 0 Å². The number of hydrogen-bond donors (Lipinski definition) is 0. The van der Waals surface area contributed by atoms with Crippen molar-refractivity contribution < 1.29 is 19.0 Å². The van der Waals surface area contributed by atoms with Crippen molar-refractivity contribution in [3.8, 4) is 34.0 Å². The van der Waals surface area contributed by atoms with E-state index in [2.05, 4.69) is 10.8 Å². The Kier molecular flexibility index (Phi) is 9.65. The first kappa shape index (κ1) is 29.5. The van der Waals surface area contributed by atoms with Crippen LogP contribution >= 0.6 is 11.6 Å². The molecule has 0 radical (unpaired) electrons. The Morgan fingerprint density at radius 1 is 0.976 bits per heavy atom. The summed E-state index contributed by atoms with van der Waals surface area (Å²) in [5.41, 5.74) is 5.45. The van der Waals surface area contributed by atoms with Gasteiger partial charge < -0.3 is 18.8 Å². The summed E-state index contributed by atoms with van der Waals surface area (Å²) in [6.07, 6.45) is 9.83. The second-order valence-corrected chi connectivity index (χ2v) is 11.0. The van der Waals surface area contributed by atoms with Crippen LogP contribution in [-0.2, 0) is 16.1 Å². The van der Waals surface area contributed by atoms with E-state index in [0.717, 1.165) is 58.1 Å². The van der Waals surface area contributed by atoms with Crippen molar-refractivity contribution in [2.24, 2.45) is 0 Å². The lowest BCUT2D eigenvalue weighted by molar-refractivity contribution is -0.138. The predicted molar refractivity (Wildman–Crippen MR) is 168 cm³/mol. The van der Waals surface area contributed by atoms with Gasteiger partial charge in [-0.3, -0.25) is 0 Å². The number of esters is 1. The van der Waals surface area contributed by atoms with Gasteiger partial charge in [-0.2, -0.15) is 0 Å². The van der Waals surface area contributed by atoms with E-state index in [-0.39, 0.29) is 5.97 Å². The van der Waals surface area contributed by atoms with Crippen LogP contribution in [0.25, 0.3) is 28.6 Å². The third-order valence-corrected chi connectivity index (χ3v) is 7.91. The van der Waals surface area contributed by atoms with E-state index in [9.17, 15) is 4.79 Å². The lowest BCUT2D eigenvalue weighted by atomic mass is 9.95. The molecule has 0 N–H and O–H groups in total. The molecule has 1 aliphatic rings. The number of aromatic nitrogens is 2. The van der Waals surface area contributed by atoms with E-state index in [1.165, 1.54) is 19.3 Å². The van der Waals surface area contributed by atoms with Gasteiger partial charge in [-0.05, 0) is 92.4 Å². The highest BCUT2D eigenvalue weighted by atomic mass is 35.5. The van der Waals surface area contributed by atoms with Crippen molar-refractivity contribution in [1.29, 1.82) is 0 Å². The fourth-order valence-corrected chi connectivity index (χ4v) is 5.57. The Bertz CT molecular complexity index is 1530. The Labute approximate surface area is 252 Å². The van der Waals surface area contributed by atoms with Crippen molar-refractivity contribution in [3.05, 3.63) is 94.8 Å². The molecule has 4 aromatic rings. The van der Waals surface area contributed by atoms with E-state index in [1.807, 2.05) is 79.7 Å². The maximum Gasteiger partial charge on any atom is 0.333 e. The molecule has 6 nitrogen and oxygen atoms in total. The summed E-state index contributed by atoms with van der Waals surface area (Å²) >= 11 is 6.11. The van der Waals surface area contributed by atoms with E-state index in [1.54, 1.807) is 14.0 Å². The topological polar surface area (TPSA) is 62.6 Å².